The highest BCUT2D eigenvalue weighted by Crippen LogP contribution is 2.01. The third-order valence-corrected chi connectivity index (χ3v) is 1.41. The van der Waals surface area contributed by atoms with E-state index < -0.39 is 24.9 Å². The summed E-state index contributed by atoms with van der Waals surface area (Å²) in [6, 6.07) is 0. The molecule has 68 valence electrons. The Kier molecular flexibility index (Phi) is 5.35. The first-order valence-corrected chi connectivity index (χ1v) is 3.47. The number of nitrogens with two attached hydrogens (primary N) is 1. The van der Waals surface area contributed by atoms with Crippen molar-refractivity contribution in [3.05, 3.63) is 0 Å². The van der Waals surface area contributed by atoms with Crippen LogP contribution >= 0.6 is 0 Å². The van der Waals surface area contributed by atoms with Crippen LogP contribution in [-0.4, -0.2) is 51.9 Å². The second-order valence-electron chi connectivity index (χ2n) is 2.44. The van der Waals surface area contributed by atoms with E-state index in [1.54, 1.807) is 0 Å². The molecule has 0 fully saturated rings. The van der Waals surface area contributed by atoms with Gasteiger partial charge in [0.1, 0.15) is 0 Å². The molecule has 0 aromatic carbocycles. The first-order chi connectivity index (χ1) is 5.11. The minimum absolute atomic E-state index is 0.0562. The summed E-state index contributed by atoms with van der Waals surface area (Å²) in [4.78, 5) is 0. The van der Waals surface area contributed by atoms with Gasteiger partial charge in [0.05, 0.1) is 24.9 Å². The van der Waals surface area contributed by atoms with E-state index in [-0.39, 0.29) is 13.0 Å². The van der Waals surface area contributed by atoms with Crippen LogP contribution in [0.1, 0.15) is 6.42 Å². The number of rotatable bonds is 5. The number of hydrogen-bond acceptors (Lipinski definition) is 5. The fourth-order valence-corrected chi connectivity index (χ4v) is 0.667. The molecule has 0 unspecified atom stereocenters. The molecule has 11 heavy (non-hydrogen) atoms. The SMILES string of the molecule is NC[C@H](O)[C@@H](O)C[C@H](O)CO. The highest BCUT2D eigenvalue weighted by Gasteiger charge is 2.17. The van der Waals surface area contributed by atoms with Crippen molar-refractivity contribution in [1.82, 2.24) is 0 Å². The van der Waals surface area contributed by atoms with Crippen molar-refractivity contribution < 1.29 is 20.4 Å². The Morgan fingerprint density at radius 1 is 1.09 bits per heavy atom. The Hall–Kier alpha value is -0.200. The Morgan fingerprint density at radius 3 is 2.00 bits per heavy atom. The Morgan fingerprint density at radius 2 is 1.64 bits per heavy atom. The molecule has 0 saturated carbocycles. The molecule has 0 rings (SSSR count). The average Bonchev–Trinajstić information content (AvgIpc) is 2.02. The third-order valence-electron chi connectivity index (χ3n) is 1.41. The minimum Gasteiger partial charge on any atom is -0.394 e. The third kappa shape index (κ3) is 4.28. The first-order valence-electron chi connectivity index (χ1n) is 3.47. The van der Waals surface area contributed by atoms with Crippen LogP contribution in [0.2, 0.25) is 0 Å². The van der Waals surface area contributed by atoms with Crippen molar-refractivity contribution in [2.24, 2.45) is 5.73 Å². The second-order valence-corrected chi connectivity index (χ2v) is 2.44. The number of aliphatic hydroxyl groups is 4. The molecule has 0 saturated heterocycles. The standard InChI is InChI=1S/C6H15NO4/c7-2-6(11)5(10)1-4(9)3-8/h4-6,8-11H,1-3,7H2/t4-,5-,6-/m0/s1. The molecule has 0 amide bonds. The first kappa shape index (κ1) is 10.8. The van der Waals surface area contributed by atoms with Crippen LogP contribution in [0.3, 0.4) is 0 Å². The molecule has 0 aromatic rings. The summed E-state index contributed by atoms with van der Waals surface area (Å²) in [6.45, 7) is -0.479. The van der Waals surface area contributed by atoms with Crippen molar-refractivity contribution in [2.75, 3.05) is 13.2 Å². The Balaban J connectivity index is 3.58. The molecule has 6 N–H and O–H groups in total. The van der Waals surface area contributed by atoms with Crippen molar-refractivity contribution >= 4 is 0 Å². The van der Waals surface area contributed by atoms with Crippen LogP contribution in [0.15, 0.2) is 0 Å². The predicted octanol–water partition coefficient (Wildman–Crippen LogP) is -2.59. The van der Waals surface area contributed by atoms with Gasteiger partial charge in [0, 0.05) is 13.0 Å². The second kappa shape index (κ2) is 5.45. The van der Waals surface area contributed by atoms with Crippen molar-refractivity contribution in [3.63, 3.8) is 0 Å². The normalized spacial score (nSPS) is 19.4. The summed E-state index contributed by atoms with van der Waals surface area (Å²) in [5.74, 6) is 0. The summed E-state index contributed by atoms with van der Waals surface area (Å²) < 4.78 is 0. The van der Waals surface area contributed by atoms with E-state index >= 15 is 0 Å². The van der Waals surface area contributed by atoms with Gasteiger partial charge in [-0.25, -0.2) is 0 Å². The Labute approximate surface area is 65.1 Å². The smallest absolute Gasteiger partial charge is 0.0921 e. The highest BCUT2D eigenvalue weighted by molar-refractivity contribution is 4.70. The van der Waals surface area contributed by atoms with Gasteiger partial charge in [-0.15, -0.1) is 0 Å². The van der Waals surface area contributed by atoms with E-state index in [0.29, 0.717) is 0 Å². The van der Waals surface area contributed by atoms with Crippen LogP contribution in [0, 0.1) is 0 Å². The summed E-state index contributed by atoms with van der Waals surface area (Å²) in [7, 11) is 0. The average molecular weight is 165 g/mol. The molecule has 5 nitrogen and oxygen atoms in total. The van der Waals surface area contributed by atoms with Gasteiger partial charge in [0.25, 0.3) is 0 Å². The van der Waals surface area contributed by atoms with E-state index in [9.17, 15) is 0 Å². The lowest BCUT2D eigenvalue weighted by Crippen LogP contribution is -2.36. The maximum Gasteiger partial charge on any atom is 0.0921 e. The molecular weight excluding hydrogens is 150 g/mol. The fourth-order valence-electron chi connectivity index (χ4n) is 0.667. The summed E-state index contributed by atoms with van der Waals surface area (Å²) in [5.41, 5.74) is 5.04. The van der Waals surface area contributed by atoms with E-state index in [4.69, 9.17) is 26.2 Å². The zero-order chi connectivity index (χ0) is 8.85. The van der Waals surface area contributed by atoms with Crippen LogP contribution in [-0.2, 0) is 0 Å². The molecule has 3 atom stereocenters. The molecule has 0 bridgehead atoms. The molecule has 0 radical (unpaired) electrons. The molecule has 5 heteroatoms. The molecule has 0 heterocycles. The van der Waals surface area contributed by atoms with Gasteiger partial charge < -0.3 is 26.2 Å². The molecule has 0 aliphatic carbocycles. The lowest BCUT2D eigenvalue weighted by Gasteiger charge is -2.17. The van der Waals surface area contributed by atoms with E-state index in [2.05, 4.69) is 0 Å². The maximum atomic E-state index is 9.02. The molecule has 0 aliphatic rings. The minimum atomic E-state index is -1.07. The fraction of sp³-hybridized carbons (Fsp3) is 1.00. The van der Waals surface area contributed by atoms with Gasteiger partial charge >= 0.3 is 0 Å². The van der Waals surface area contributed by atoms with E-state index in [1.807, 2.05) is 0 Å². The van der Waals surface area contributed by atoms with E-state index in [1.165, 1.54) is 0 Å². The highest BCUT2D eigenvalue weighted by atomic mass is 16.3. The Bertz CT molecular complexity index is 101. The van der Waals surface area contributed by atoms with Gasteiger partial charge in [-0.05, 0) is 0 Å². The summed E-state index contributed by atoms with van der Waals surface area (Å²) >= 11 is 0. The zero-order valence-corrected chi connectivity index (χ0v) is 6.22. The van der Waals surface area contributed by atoms with E-state index in [0.717, 1.165) is 0 Å². The lowest BCUT2D eigenvalue weighted by molar-refractivity contribution is -0.0193. The van der Waals surface area contributed by atoms with Crippen molar-refractivity contribution in [2.45, 2.75) is 24.7 Å². The van der Waals surface area contributed by atoms with Gasteiger partial charge in [-0.2, -0.15) is 0 Å². The molecule has 0 spiro atoms. The zero-order valence-electron chi connectivity index (χ0n) is 6.22. The molecule has 0 aromatic heterocycles. The number of hydrogen-bond donors (Lipinski definition) is 5. The van der Waals surface area contributed by atoms with Crippen LogP contribution in [0.4, 0.5) is 0 Å². The van der Waals surface area contributed by atoms with Crippen molar-refractivity contribution in [1.29, 1.82) is 0 Å². The van der Waals surface area contributed by atoms with Crippen LogP contribution in [0.25, 0.3) is 0 Å². The summed E-state index contributed by atoms with van der Waals surface area (Å²) in [6.07, 6.45) is -3.15. The quantitative estimate of drug-likeness (QED) is 0.307. The van der Waals surface area contributed by atoms with Crippen LogP contribution < -0.4 is 5.73 Å². The van der Waals surface area contributed by atoms with Gasteiger partial charge in [0.2, 0.25) is 0 Å². The predicted molar refractivity (Wildman–Crippen MR) is 38.8 cm³/mol. The van der Waals surface area contributed by atoms with Crippen molar-refractivity contribution in [3.8, 4) is 0 Å². The van der Waals surface area contributed by atoms with Crippen LogP contribution in [0.5, 0.6) is 0 Å². The van der Waals surface area contributed by atoms with Gasteiger partial charge in [0.15, 0.2) is 0 Å². The maximum absolute atomic E-state index is 9.02. The van der Waals surface area contributed by atoms with Gasteiger partial charge in [-0.1, -0.05) is 0 Å². The topological polar surface area (TPSA) is 107 Å². The summed E-state index contributed by atoms with van der Waals surface area (Å²) in [5, 5.41) is 35.1. The molecule has 0 aliphatic heterocycles. The number of aliphatic hydroxyl groups excluding tert-OH is 4. The monoisotopic (exact) mass is 165 g/mol. The largest absolute Gasteiger partial charge is 0.394 e. The molecular formula is C6H15NO4. The van der Waals surface area contributed by atoms with Gasteiger partial charge in [-0.3, -0.25) is 0 Å². The lowest BCUT2D eigenvalue weighted by atomic mass is 10.1.